The van der Waals surface area contributed by atoms with Crippen molar-refractivity contribution in [2.24, 2.45) is 0 Å². The average molecular weight is 279 g/mol. The second-order valence-electron chi connectivity index (χ2n) is 4.08. The Morgan fingerprint density at radius 1 is 1.21 bits per heavy atom. The lowest BCUT2D eigenvalue weighted by atomic mass is 10.1. The Balaban J connectivity index is 2.18. The fraction of sp³-hybridized carbons (Fsp3) is 0.133. The van der Waals surface area contributed by atoms with Crippen molar-refractivity contribution in [1.82, 2.24) is 0 Å². The van der Waals surface area contributed by atoms with Gasteiger partial charge in [-0.3, -0.25) is 4.79 Å². The number of benzene rings is 2. The maximum atomic E-state index is 13.6. The van der Waals surface area contributed by atoms with Crippen molar-refractivity contribution in [3.63, 3.8) is 0 Å². The fourth-order valence-corrected chi connectivity index (χ4v) is 1.83. The zero-order valence-electron chi connectivity index (χ0n) is 10.3. The summed E-state index contributed by atoms with van der Waals surface area (Å²) in [5.41, 5.74) is 0.875. The molecule has 2 nitrogen and oxygen atoms in total. The zero-order chi connectivity index (χ0) is 13.8. The van der Waals surface area contributed by atoms with Crippen LogP contribution in [0.2, 0.25) is 5.02 Å². The molecule has 0 saturated heterocycles. The largest absolute Gasteiger partial charge is 0.488 e. The standard InChI is InChI=1S/C15H12ClFO2/c1-10(18)15-13(17)3-2-4-14(15)19-9-11-5-7-12(16)8-6-11/h2-8H,9H2,1H3. The van der Waals surface area contributed by atoms with Crippen molar-refractivity contribution in [1.29, 1.82) is 0 Å². The lowest BCUT2D eigenvalue weighted by molar-refractivity contribution is 0.100. The summed E-state index contributed by atoms with van der Waals surface area (Å²) in [5.74, 6) is -0.673. The second-order valence-corrected chi connectivity index (χ2v) is 4.52. The summed E-state index contributed by atoms with van der Waals surface area (Å²) in [6.07, 6.45) is 0. The molecule has 4 heteroatoms. The Kier molecular flexibility index (Phi) is 4.17. The monoisotopic (exact) mass is 278 g/mol. The van der Waals surface area contributed by atoms with Gasteiger partial charge in [0.05, 0.1) is 5.56 Å². The highest BCUT2D eigenvalue weighted by Gasteiger charge is 2.13. The Morgan fingerprint density at radius 3 is 2.53 bits per heavy atom. The van der Waals surface area contributed by atoms with E-state index in [1.165, 1.54) is 19.1 Å². The molecule has 0 fully saturated rings. The molecule has 0 bridgehead atoms. The maximum absolute atomic E-state index is 13.6. The van der Waals surface area contributed by atoms with Gasteiger partial charge < -0.3 is 4.74 Å². The van der Waals surface area contributed by atoms with Crippen molar-refractivity contribution in [3.8, 4) is 5.75 Å². The van der Waals surface area contributed by atoms with Crippen LogP contribution in [0, 0.1) is 5.82 Å². The summed E-state index contributed by atoms with van der Waals surface area (Å²) in [5, 5.41) is 0.638. The van der Waals surface area contributed by atoms with Crippen LogP contribution in [-0.2, 0) is 6.61 Å². The Bertz CT molecular complexity index is 594. The predicted octanol–water partition coefficient (Wildman–Crippen LogP) is 4.26. The van der Waals surface area contributed by atoms with Crippen LogP contribution < -0.4 is 4.74 Å². The molecule has 0 heterocycles. The third-order valence-electron chi connectivity index (χ3n) is 2.64. The lowest BCUT2D eigenvalue weighted by Gasteiger charge is -2.10. The maximum Gasteiger partial charge on any atom is 0.166 e. The zero-order valence-corrected chi connectivity index (χ0v) is 11.1. The van der Waals surface area contributed by atoms with Crippen LogP contribution in [0.25, 0.3) is 0 Å². The van der Waals surface area contributed by atoms with Gasteiger partial charge in [0.2, 0.25) is 0 Å². The van der Waals surface area contributed by atoms with Crippen molar-refractivity contribution in [2.45, 2.75) is 13.5 Å². The smallest absolute Gasteiger partial charge is 0.166 e. The van der Waals surface area contributed by atoms with Gasteiger partial charge in [0.15, 0.2) is 5.78 Å². The van der Waals surface area contributed by atoms with Gasteiger partial charge in [-0.25, -0.2) is 4.39 Å². The van der Waals surface area contributed by atoms with Gasteiger partial charge >= 0.3 is 0 Å². The molecular weight excluding hydrogens is 267 g/mol. The molecule has 2 aromatic rings. The van der Waals surface area contributed by atoms with Crippen molar-refractivity contribution < 1.29 is 13.9 Å². The van der Waals surface area contributed by atoms with Crippen LogP contribution >= 0.6 is 11.6 Å². The highest BCUT2D eigenvalue weighted by Crippen LogP contribution is 2.23. The van der Waals surface area contributed by atoms with Crippen LogP contribution in [0.3, 0.4) is 0 Å². The van der Waals surface area contributed by atoms with Gasteiger partial charge in [0, 0.05) is 5.02 Å². The van der Waals surface area contributed by atoms with E-state index in [0.717, 1.165) is 5.56 Å². The van der Waals surface area contributed by atoms with E-state index in [-0.39, 0.29) is 23.7 Å². The van der Waals surface area contributed by atoms with Crippen molar-refractivity contribution >= 4 is 17.4 Å². The molecule has 0 atom stereocenters. The van der Waals surface area contributed by atoms with E-state index in [4.69, 9.17) is 16.3 Å². The highest BCUT2D eigenvalue weighted by molar-refractivity contribution is 6.30. The van der Waals surface area contributed by atoms with E-state index >= 15 is 0 Å². The first-order chi connectivity index (χ1) is 9.08. The molecule has 0 saturated carbocycles. The second kappa shape index (κ2) is 5.85. The van der Waals surface area contributed by atoms with Crippen molar-refractivity contribution in [2.75, 3.05) is 0 Å². The number of ether oxygens (including phenoxy) is 1. The van der Waals surface area contributed by atoms with Crippen LogP contribution in [0.5, 0.6) is 5.75 Å². The minimum absolute atomic E-state index is 0.0172. The Hall–Kier alpha value is -1.87. The van der Waals surface area contributed by atoms with E-state index < -0.39 is 5.82 Å². The summed E-state index contributed by atoms with van der Waals surface area (Å²) in [7, 11) is 0. The van der Waals surface area contributed by atoms with E-state index in [2.05, 4.69) is 0 Å². The summed E-state index contributed by atoms with van der Waals surface area (Å²) < 4.78 is 19.1. The first-order valence-corrected chi connectivity index (χ1v) is 6.12. The summed E-state index contributed by atoms with van der Waals surface area (Å²) in [4.78, 5) is 11.4. The molecule has 0 N–H and O–H groups in total. The minimum Gasteiger partial charge on any atom is -0.488 e. The Labute approximate surface area is 115 Å². The van der Waals surface area contributed by atoms with Crippen LogP contribution in [-0.4, -0.2) is 5.78 Å². The third-order valence-corrected chi connectivity index (χ3v) is 2.89. The Morgan fingerprint density at radius 2 is 1.89 bits per heavy atom. The van der Waals surface area contributed by atoms with Crippen LogP contribution in [0.15, 0.2) is 42.5 Å². The van der Waals surface area contributed by atoms with Gasteiger partial charge in [0.1, 0.15) is 18.2 Å². The molecule has 0 aliphatic heterocycles. The molecule has 0 spiro atoms. The molecule has 0 aliphatic carbocycles. The number of carbonyl (C=O) groups is 1. The highest BCUT2D eigenvalue weighted by atomic mass is 35.5. The minimum atomic E-state index is -0.568. The number of Topliss-reactive ketones (excluding diaryl/α,β-unsaturated/α-hetero) is 1. The summed E-state index contributed by atoms with van der Waals surface area (Å²) in [6, 6.07) is 11.5. The van der Waals surface area contributed by atoms with Gasteiger partial charge in [0.25, 0.3) is 0 Å². The molecule has 0 amide bonds. The first kappa shape index (κ1) is 13.6. The van der Waals surface area contributed by atoms with Gasteiger partial charge in [-0.15, -0.1) is 0 Å². The van der Waals surface area contributed by atoms with Crippen molar-refractivity contribution in [3.05, 3.63) is 64.4 Å². The van der Waals surface area contributed by atoms with E-state index in [0.29, 0.717) is 5.02 Å². The van der Waals surface area contributed by atoms with Crippen LogP contribution in [0.4, 0.5) is 4.39 Å². The number of halogens is 2. The average Bonchev–Trinajstić information content (AvgIpc) is 2.37. The van der Waals surface area contributed by atoms with E-state index in [1.807, 2.05) is 12.1 Å². The fourth-order valence-electron chi connectivity index (χ4n) is 1.71. The molecule has 19 heavy (non-hydrogen) atoms. The van der Waals surface area contributed by atoms with E-state index in [1.54, 1.807) is 18.2 Å². The summed E-state index contributed by atoms with van der Waals surface area (Å²) >= 11 is 5.78. The third kappa shape index (κ3) is 3.32. The lowest BCUT2D eigenvalue weighted by Crippen LogP contribution is -2.04. The van der Waals surface area contributed by atoms with Crippen LogP contribution in [0.1, 0.15) is 22.8 Å². The number of rotatable bonds is 4. The topological polar surface area (TPSA) is 26.3 Å². The van der Waals surface area contributed by atoms with Gasteiger partial charge in [-0.05, 0) is 36.8 Å². The molecule has 2 rings (SSSR count). The van der Waals surface area contributed by atoms with Gasteiger partial charge in [-0.1, -0.05) is 29.8 Å². The quantitative estimate of drug-likeness (QED) is 0.781. The first-order valence-electron chi connectivity index (χ1n) is 5.74. The number of hydrogen-bond acceptors (Lipinski definition) is 2. The number of hydrogen-bond donors (Lipinski definition) is 0. The molecule has 0 radical (unpaired) electrons. The molecule has 98 valence electrons. The van der Waals surface area contributed by atoms with E-state index in [9.17, 15) is 9.18 Å². The SMILES string of the molecule is CC(=O)c1c(F)cccc1OCc1ccc(Cl)cc1. The summed E-state index contributed by atoms with van der Waals surface area (Å²) in [6.45, 7) is 1.56. The predicted molar refractivity (Wildman–Crippen MR) is 72.2 cm³/mol. The molecule has 0 unspecified atom stereocenters. The molecule has 0 aromatic heterocycles. The molecular formula is C15H12ClFO2. The number of carbonyl (C=O) groups excluding carboxylic acids is 1. The molecule has 0 aliphatic rings. The molecule has 2 aromatic carbocycles. The van der Waals surface area contributed by atoms with Gasteiger partial charge in [-0.2, -0.15) is 0 Å². The normalized spacial score (nSPS) is 10.3. The number of ketones is 1.